The van der Waals surface area contributed by atoms with E-state index in [1.807, 2.05) is 29.2 Å². The van der Waals surface area contributed by atoms with E-state index in [2.05, 4.69) is 27.1 Å². The van der Waals surface area contributed by atoms with E-state index in [1.54, 1.807) is 6.33 Å². The molecular weight excluding hydrogens is 426 g/mol. The first-order chi connectivity index (χ1) is 15.6. The first kappa shape index (κ1) is 21.6. The predicted molar refractivity (Wildman–Crippen MR) is 124 cm³/mol. The Morgan fingerprint density at radius 1 is 1.16 bits per heavy atom. The van der Waals surface area contributed by atoms with E-state index in [1.165, 1.54) is 11.3 Å². The first-order valence-corrected chi connectivity index (χ1v) is 11.9. The van der Waals surface area contributed by atoms with Crippen LogP contribution in [0.25, 0.3) is 0 Å². The summed E-state index contributed by atoms with van der Waals surface area (Å²) >= 11 is 6.09. The fraction of sp³-hybridized carbons (Fsp3) is 0.542. The van der Waals surface area contributed by atoms with E-state index >= 15 is 0 Å². The standard InChI is InChI=1S/C24H30ClN5O2/c1-16-2-7-20-21(16)23(27-15-26-20)29-9-11-30(12-10-29)24(31)22(28-19-8-13-32-14-19)17-3-5-18(25)6-4-17/h3-6,15-16,19,22,28H,2,7-14H2,1H3/t16?,19?,22-/m1/s1. The van der Waals surface area contributed by atoms with E-state index in [-0.39, 0.29) is 11.9 Å². The molecule has 2 aliphatic heterocycles. The minimum atomic E-state index is -0.395. The topological polar surface area (TPSA) is 70.6 Å². The van der Waals surface area contributed by atoms with Gasteiger partial charge in [-0.05, 0) is 42.9 Å². The third kappa shape index (κ3) is 4.34. The second-order valence-electron chi connectivity index (χ2n) is 9.02. The molecule has 1 aromatic heterocycles. The van der Waals surface area contributed by atoms with Crippen LogP contribution in [-0.4, -0.2) is 66.2 Å². The number of piperazine rings is 1. The van der Waals surface area contributed by atoms with E-state index in [0.29, 0.717) is 30.6 Å². The maximum absolute atomic E-state index is 13.6. The predicted octanol–water partition coefficient (Wildman–Crippen LogP) is 2.95. The number of nitrogens with one attached hydrogen (secondary N) is 1. The van der Waals surface area contributed by atoms with Gasteiger partial charge in [-0.25, -0.2) is 9.97 Å². The van der Waals surface area contributed by atoms with E-state index in [4.69, 9.17) is 16.3 Å². The number of halogens is 1. The van der Waals surface area contributed by atoms with Crippen molar-refractivity contribution in [3.63, 3.8) is 0 Å². The average Bonchev–Trinajstić information content (AvgIpc) is 3.48. The van der Waals surface area contributed by atoms with E-state index in [9.17, 15) is 4.79 Å². The number of rotatable bonds is 5. The molecule has 170 valence electrons. The minimum absolute atomic E-state index is 0.111. The Morgan fingerprint density at radius 3 is 2.66 bits per heavy atom. The molecule has 2 unspecified atom stereocenters. The Labute approximate surface area is 194 Å². The van der Waals surface area contributed by atoms with Crippen molar-refractivity contribution >= 4 is 23.3 Å². The van der Waals surface area contributed by atoms with Crippen LogP contribution in [0.2, 0.25) is 5.02 Å². The second-order valence-corrected chi connectivity index (χ2v) is 9.46. The lowest BCUT2D eigenvalue weighted by atomic mass is 10.0. The highest BCUT2D eigenvalue weighted by atomic mass is 35.5. The molecule has 1 amide bonds. The van der Waals surface area contributed by atoms with Crippen molar-refractivity contribution < 1.29 is 9.53 Å². The molecule has 3 heterocycles. The number of carbonyl (C=O) groups is 1. The average molecular weight is 456 g/mol. The molecule has 0 bridgehead atoms. The zero-order chi connectivity index (χ0) is 22.1. The summed E-state index contributed by atoms with van der Waals surface area (Å²) in [7, 11) is 0. The molecule has 5 rings (SSSR count). The Morgan fingerprint density at radius 2 is 1.94 bits per heavy atom. The Bertz CT molecular complexity index is 955. The largest absolute Gasteiger partial charge is 0.380 e. The number of amides is 1. The third-order valence-corrected chi connectivity index (χ3v) is 7.18. The van der Waals surface area contributed by atoms with Crippen molar-refractivity contribution in [1.29, 1.82) is 0 Å². The molecule has 0 radical (unpaired) electrons. The highest BCUT2D eigenvalue weighted by Gasteiger charge is 2.33. The molecule has 2 saturated heterocycles. The highest BCUT2D eigenvalue weighted by molar-refractivity contribution is 6.30. The molecular formula is C24H30ClN5O2. The molecule has 8 heteroatoms. The van der Waals surface area contributed by atoms with Crippen LogP contribution >= 0.6 is 11.6 Å². The fourth-order valence-electron chi connectivity index (χ4n) is 5.06. The van der Waals surface area contributed by atoms with Crippen molar-refractivity contribution in [3.8, 4) is 0 Å². The molecule has 1 aromatic carbocycles. The van der Waals surface area contributed by atoms with Gasteiger partial charge in [0.15, 0.2) is 0 Å². The van der Waals surface area contributed by atoms with Crippen LogP contribution in [0.15, 0.2) is 30.6 Å². The number of aromatic nitrogens is 2. The molecule has 2 fully saturated rings. The molecule has 0 saturated carbocycles. The number of ether oxygens (including phenoxy) is 1. The fourth-order valence-corrected chi connectivity index (χ4v) is 5.19. The molecule has 3 aliphatic rings. The van der Waals surface area contributed by atoms with Crippen molar-refractivity contribution in [2.45, 2.75) is 44.2 Å². The first-order valence-electron chi connectivity index (χ1n) is 11.6. The van der Waals surface area contributed by atoms with Crippen molar-refractivity contribution in [2.24, 2.45) is 0 Å². The van der Waals surface area contributed by atoms with Gasteiger partial charge in [-0.1, -0.05) is 30.7 Å². The number of anilines is 1. The van der Waals surface area contributed by atoms with Crippen LogP contribution in [0.4, 0.5) is 5.82 Å². The number of aryl methyl sites for hydroxylation is 1. The van der Waals surface area contributed by atoms with Crippen molar-refractivity contribution in [1.82, 2.24) is 20.2 Å². The summed E-state index contributed by atoms with van der Waals surface area (Å²) in [5.74, 6) is 1.66. The maximum atomic E-state index is 13.6. The van der Waals surface area contributed by atoms with Gasteiger partial charge in [0.25, 0.3) is 0 Å². The van der Waals surface area contributed by atoms with Crippen LogP contribution < -0.4 is 10.2 Å². The number of fused-ring (bicyclic) bond motifs is 1. The van der Waals surface area contributed by atoms with Gasteiger partial charge >= 0.3 is 0 Å². The van der Waals surface area contributed by atoms with E-state index in [0.717, 1.165) is 50.3 Å². The van der Waals surface area contributed by atoms with Gasteiger partial charge in [-0.3, -0.25) is 10.1 Å². The number of nitrogens with zero attached hydrogens (tertiary/aromatic N) is 4. The van der Waals surface area contributed by atoms with Crippen LogP contribution in [0.1, 0.15) is 48.5 Å². The molecule has 7 nitrogen and oxygen atoms in total. The third-order valence-electron chi connectivity index (χ3n) is 6.93. The molecule has 1 aliphatic carbocycles. The van der Waals surface area contributed by atoms with E-state index < -0.39 is 6.04 Å². The molecule has 32 heavy (non-hydrogen) atoms. The summed E-state index contributed by atoms with van der Waals surface area (Å²) in [6.45, 7) is 6.55. The molecule has 3 atom stereocenters. The van der Waals surface area contributed by atoms with Gasteiger partial charge < -0.3 is 14.5 Å². The summed E-state index contributed by atoms with van der Waals surface area (Å²) in [4.78, 5) is 27.0. The summed E-state index contributed by atoms with van der Waals surface area (Å²) in [6, 6.07) is 7.36. The second kappa shape index (κ2) is 9.33. The summed E-state index contributed by atoms with van der Waals surface area (Å²) in [6.07, 6.45) is 4.78. The zero-order valence-electron chi connectivity index (χ0n) is 18.5. The maximum Gasteiger partial charge on any atom is 0.244 e. The number of benzene rings is 1. The number of hydrogen-bond donors (Lipinski definition) is 1. The minimum Gasteiger partial charge on any atom is -0.380 e. The lowest BCUT2D eigenvalue weighted by Crippen LogP contribution is -2.53. The Balaban J connectivity index is 1.30. The number of hydrogen-bond acceptors (Lipinski definition) is 6. The Hall–Kier alpha value is -2.22. The summed E-state index contributed by atoms with van der Waals surface area (Å²) in [5, 5.41) is 4.21. The van der Waals surface area contributed by atoms with Crippen molar-refractivity contribution in [2.75, 3.05) is 44.3 Å². The van der Waals surface area contributed by atoms with Gasteiger partial charge in [0.2, 0.25) is 5.91 Å². The van der Waals surface area contributed by atoms with Gasteiger partial charge in [0.1, 0.15) is 18.2 Å². The van der Waals surface area contributed by atoms with Crippen LogP contribution in [0, 0.1) is 0 Å². The molecule has 2 aromatic rings. The van der Waals surface area contributed by atoms with Crippen molar-refractivity contribution in [3.05, 3.63) is 52.4 Å². The summed E-state index contributed by atoms with van der Waals surface area (Å²) < 4.78 is 5.52. The zero-order valence-corrected chi connectivity index (χ0v) is 19.2. The van der Waals surface area contributed by atoms with Crippen LogP contribution in [-0.2, 0) is 16.0 Å². The smallest absolute Gasteiger partial charge is 0.244 e. The molecule has 1 N–H and O–H groups in total. The van der Waals surface area contributed by atoms with Gasteiger partial charge in [-0.2, -0.15) is 0 Å². The normalized spacial score (nSPS) is 23.9. The van der Waals surface area contributed by atoms with Gasteiger partial charge in [-0.15, -0.1) is 0 Å². The molecule has 0 spiro atoms. The highest BCUT2D eigenvalue weighted by Crippen LogP contribution is 2.37. The SMILES string of the molecule is CC1CCc2ncnc(N3CCN(C(=O)[C@H](NC4CCOC4)c4ccc(Cl)cc4)CC3)c21. The monoisotopic (exact) mass is 455 g/mol. The number of carbonyl (C=O) groups excluding carboxylic acids is 1. The Kier molecular flexibility index (Phi) is 6.31. The van der Waals surface area contributed by atoms with Gasteiger partial charge in [0, 0.05) is 55.1 Å². The lowest BCUT2D eigenvalue weighted by Gasteiger charge is -2.38. The summed E-state index contributed by atoms with van der Waals surface area (Å²) in [5.41, 5.74) is 3.43. The van der Waals surface area contributed by atoms with Gasteiger partial charge in [0.05, 0.1) is 6.61 Å². The van der Waals surface area contributed by atoms with Crippen LogP contribution in [0.3, 0.4) is 0 Å². The quantitative estimate of drug-likeness (QED) is 0.747. The van der Waals surface area contributed by atoms with Crippen LogP contribution in [0.5, 0.6) is 0 Å². The lowest BCUT2D eigenvalue weighted by molar-refractivity contribution is -0.134.